The minimum atomic E-state index is -0.568. The van der Waals surface area contributed by atoms with Gasteiger partial charge in [-0.1, -0.05) is 19.1 Å². The molecule has 0 aliphatic rings. The van der Waals surface area contributed by atoms with Crippen molar-refractivity contribution in [3.8, 4) is 5.75 Å². The molecule has 0 aliphatic carbocycles. The van der Waals surface area contributed by atoms with E-state index in [9.17, 15) is 9.59 Å². The van der Waals surface area contributed by atoms with Crippen molar-refractivity contribution in [2.45, 2.75) is 39.7 Å². The van der Waals surface area contributed by atoms with E-state index in [1.807, 2.05) is 12.1 Å². The van der Waals surface area contributed by atoms with Gasteiger partial charge in [-0.25, -0.2) is 9.59 Å². The molecule has 0 aliphatic heterocycles. The standard InChI is InChI=1S/C20H23NO4/c1-5-14-6-12-17(13-7-14)24-18(22)15-8-10-16(11-9-15)21-19(23)25-20(2,3)4/h6-13H,5H2,1-4H3,(H,21,23). The van der Waals surface area contributed by atoms with Gasteiger partial charge in [-0.05, 0) is 69.2 Å². The van der Waals surface area contributed by atoms with Crippen molar-refractivity contribution < 1.29 is 19.1 Å². The number of hydrogen-bond acceptors (Lipinski definition) is 4. The molecule has 5 nitrogen and oxygen atoms in total. The highest BCUT2D eigenvalue weighted by molar-refractivity contribution is 5.92. The number of aryl methyl sites for hydroxylation is 1. The van der Waals surface area contributed by atoms with Crippen molar-refractivity contribution in [3.05, 3.63) is 59.7 Å². The van der Waals surface area contributed by atoms with Crippen molar-refractivity contribution in [1.82, 2.24) is 0 Å². The van der Waals surface area contributed by atoms with Gasteiger partial charge in [-0.2, -0.15) is 0 Å². The molecule has 25 heavy (non-hydrogen) atoms. The highest BCUT2D eigenvalue weighted by Crippen LogP contribution is 2.17. The van der Waals surface area contributed by atoms with Crippen LogP contribution in [-0.2, 0) is 11.2 Å². The Kier molecular flexibility index (Phi) is 5.80. The second-order valence-electron chi connectivity index (χ2n) is 6.59. The Labute approximate surface area is 148 Å². The molecule has 2 aromatic rings. The predicted molar refractivity (Wildman–Crippen MR) is 97.1 cm³/mol. The Balaban J connectivity index is 1.96. The molecule has 2 rings (SSSR count). The molecule has 0 heterocycles. The van der Waals surface area contributed by atoms with Crippen LogP contribution in [0, 0.1) is 0 Å². The maximum atomic E-state index is 12.2. The summed E-state index contributed by atoms with van der Waals surface area (Å²) >= 11 is 0. The molecule has 0 aromatic heterocycles. The van der Waals surface area contributed by atoms with Crippen LogP contribution in [0.4, 0.5) is 10.5 Å². The summed E-state index contributed by atoms with van der Waals surface area (Å²) in [6.07, 6.45) is 0.388. The molecule has 1 amide bonds. The summed E-state index contributed by atoms with van der Waals surface area (Å²) in [6, 6.07) is 13.8. The highest BCUT2D eigenvalue weighted by Gasteiger charge is 2.16. The first-order valence-electron chi connectivity index (χ1n) is 8.18. The minimum Gasteiger partial charge on any atom is -0.444 e. The van der Waals surface area contributed by atoms with Crippen molar-refractivity contribution in [2.75, 3.05) is 5.32 Å². The third kappa shape index (κ3) is 5.95. The van der Waals surface area contributed by atoms with Gasteiger partial charge >= 0.3 is 12.1 Å². The van der Waals surface area contributed by atoms with Crippen molar-refractivity contribution in [2.24, 2.45) is 0 Å². The highest BCUT2D eigenvalue weighted by atomic mass is 16.6. The normalized spacial score (nSPS) is 10.9. The van der Waals surface area contributed by atoms with Crippen LogP contribution in [0.15, 0.2) is 48.5 Å². The zero-order valence-electron chi connectivity index (χ0n) is 15.0. The lowest BCUT2D eigenvalue weighted by molar-refractivity contribution is 0.0635. The summed E-state index contributed by atoms with van der Waals surface area (Å²) in [5.74, 6) is 0.0474. The van der Waals surface area contributed by atoms with Gasteiger partial charge in [0, 0.05) is 5.69 Å². The van der Waals surface area contributed by atoms with E-state index in [1.54, 1.807) is 57.2 Å². The quantitative estimate of drug-likeness (QED) is 0.640. The third-order valence-corrected chi connectivity index (χ3v) is 3.31. The molecule has 0 spiro atoms. The number of benzene rings is 2. The number of ether oxygens (including phenoxy) is 2. The van der Waals surface area contributed by atoms with Gasteiger partial charge in [-0.15, -0.1) is 0 Å². The zero-order valence-corrected chi connectivity index (χ0v) is 15.0. The van der Waals surface area contributed by atoms with E-state index in [1.165, 1.54) is 5.56 Å². The molecule has 0 fully saturated rings. The van der Waals surface area contributed by atoms with Gasteiger partial charge in [0.1, 0.15) is 11.4 Å². The van der Waals surface area contributed by atoms with E-state index in [0.29, 0.717) is 17.0 Å². The molecule has 0 saturated heterocycles. The molecular formula is C20H23NO4. The lowest BCUT2D eigenvalue weighted by atomic mass is 10.2. The summed E-state index contributed by atoms with van der Waals surface area (Å²) in [7, 11) is 0. The SMILES string of the molecule is CCc1ccc(OC(=O)c2ccc(NC(=O)OC(C)(C)C)cc2)cc1. The number of amides is 1. The number of rotatable bonds is 4. The fraction of sp³-hybridized carbons (Fsp3) is 0.300. The molecule has 132 valence electrons. The van der Waals surface area contributed by atoms with Crippen LogP contribution in [0.25, 0.3) is 0 Å². The Bertz CT molecular complexity index is 728. The van der Waals surface area contributed by atoms with Crippen LogP contribution in [0.3, 0.4) is 0 Å². The molecule has 0 bridgehead atoms. The average molecular weight is 341 g/mol. The van der Waals surface area contributed by atoms with Gasteiger partial charge in [0.05, 0.1) is 5.56 Å². The van der Waals surface area contributed by atoms with Crippen LogP contribution in [0.5, 0.6) is 5.75 Å². The smallest absolute Gasteiger partial charge is 0.412 e. The van der Waals surface area contributed by atoms with E-state index in [2.05, 4.69) is 12.2 Å². The second-order valence-corrected chi connectivity index (χ2v) is 6.59. The van der Waals surface area contributed by atoms with Crippen LogP contribution in [-0.4, -0.2) is 17.7 Å². The topological polar surface area (TPSA) is 64.6 Å². The Hall–Kier alpha value is -2.82. The third-order valence-electron chi connectivity index (χ3n) is 3.31. The Morgan fingerprint density at radius 3 is 2.08 bits per heavy atom. The van der Waals surface area contributed by atoms with Gasteiger partial charge < -0.3 is 9.47 Å². The number of carbonyl (C=O) groups is 2. The van der Waals surface area contributed by atoms with E-state index in [0.717, 1.165) is 6.42 Å². The van der Waals surface area contributed by atoms with Crippen LogP contribution < -0.4 is 10.1 Å². The first-order valence-corrected chi connectivity index (χ1v) is 8.18. The van der Waals surface area contributed by atoms with E-state index in [-0.39, 0.29) is 0 Å². The summed E-state index contributed by atoms with van der Waals surface area (Å²) < 4.78 is 10.5. The number of carbonyl (C=O) groups excluding carboxylic acids is 2. The average Bonchev–Trinajstić information content (AvgIpc) is 2.54. The first kappa shape index (κ1) is 18.5. The van der Waals surface area contributed by atoms with Crippen LogP contribution >= 0.6 is 0 Å². The molecule has 0 atom stereocenters. The predicted octanol–water partition coefficient (Wildman–Crippen LogP) is 4.82. The fourth-order valence-corrected chi connectivity index (χ4v) is 2.07. The van der Waals surface area contributed by atoms with E-state index < -0.39 is 17.7 Å². The van der Waals surface area contributed by atoms with Crippen molar-refractivity contribution in [3.63, 3.8) is 0 Å². The molecule has 1 N–H and O–H groups in total. The van der Waals surface area contributed by atoms with Crippen molar-refractivity contribution in [1.29, 1.82) is 0 Å². The Morgan fingerprint density at radius 2 is 1.56 bits per heavy atom. The maximum absolute atomic E-state index is 12.2. The van der Waals surface area contributed by atoms with Gasteiger partial charge in [0.2, 0.25) is 0 Å². The molecule has 2 aromatic carbocycles. The summed E-state index contributed by atoms with van der Waals surface area (Å²) in [4.78, 5) is 23.9. The van der Waals surface area contributed by atoms with Gasteiger partial charge in [-0.3, -0.25) is 5.32 Å². The van der Waals surface area contributed by atoms with Crippen molar-refractivity contribution >= 4 is 17.7 Å². The summed E-state index contributed by atoms with van der Waals surface area (Å²) in [5.41, 5.74) is 1.55. The molecule has 5 heteroatoms. The Morgan fingerprint density at radius 1 is 0.960 bits per heavy atom. The fourth-order valence-electron chi connectivity index (χ4n) is 2.07. The lowest BCUT2D eigenvalue weighted by Crippen LogP contribution is -2.27. The molecular weight excluding hydrogens is 318 g/mol. The van der Waals surface area contributed by atoms with E-state index >= 15 is 0 Å². The number of anilines is 1. The minimum absolute atomic E-state index is 0.398. The maximum Gasteiger partial charge on any atom is 0.412 e. The molecule has 0 radical (unpaired) electrons. The summed E-state index contributed by atoms with van der Waals surface area (Å²) in [5, 5.41) is 2.61. The van der Waals surface area contributed by atoms with E-state index in [4.69, 9.17) is 9.47 Å². The summed E-state index contributed by atoms with van der Waals surface area (Å²) in [6.45, 7) is 7.43. The molecule has 0 saturated carbocycles. The largest absolute Gasteiger partial charge is 0.444 e. The number of nitrogens with one attached hydrogen (secondary N) is 1. The van der Waals surface area contributed by atoms with Gasteiger partial charge in [0.15, 0.2) is 0 Å². The van der Waals surface area contributed by atoms with Gasteiger partial charge in [0.25, 0.3) is 0 Å². The monoisotopic (exact) mass is 341 g/mol. The van der Waals surface area contributed by atoms with Crippen LogP contribution in [0.1, 0.15) is 43.6 Å². The van der Waals surface area contributed by atoms with Crippen LogP contribution in [0.2, 0.25) is 0 Å². The number of esters is 1. The number of hydrogen-bond donors (Lipinski definition) is 1. The lowest BCUT2D eigenvalue weighted by Gasteiger charge is -2.19. The molecule has 0 unspecified atom stereocenters. The second kappa shape index (κ2) is 7.83. The first-order chi connectivity index (χ1) is 11.8. The zero-order chi connectivity index (χ0) is 18.4.